The van der Waals surface area contributed by atoms with E-state index in [0.29, 0.717) is 6.42 Å². The SMILES string of the molecule is COC1(C(O)Cc2ccc(C)c(C)c2)CCCC1. The Kier molecular flexibility index (Phi) is 4.08. The highest BCUT2D eigenvalue weighted by Crippen LogP contribution is 2.36. The molecule has 0 bridgehead atoms. The van der Waals surface area contributed by atoms with E-state index < -0.39 is 6.10 Å². The van der Waals surface area contributed by atoms with Gasteiger partial charge in [0.05, 0.1) is 11.7 Å². The van der Waals surface area contributed by atoms with Crippen LogP contribution in [0.3, 0.4) is 0 Å². The van der Waals surface area contributed by atoms with Crippen molar-refractivity contribution < 1.29 is 9.84 Å². The van der Waals surface area contributed by atoms with Crippen LogP contribution in [0.4, 0.5) is 0 Å². The summed E-state index contributed by atoms with van der Waals surface area (Å²) in [4.78, 5) is 0. The molecular formula is C16H24O2. The molecule has 1 atom stereocenters. The van der Waals surface area contributed by atoms with E-state index >= 15 is 0 Å². The summed E-state index contributed by atoms with van der Waals surface area (Å²) in [6.45, 7) is 4.23. The molecule has 0 aromatic heterocycles. The Morgan fingerprint density at radius 2 is 1.89 bits per heavy atom. The Bertz CT molecular complexity index is 406. The maximum absolute atomic E-state index is 10.5. The minimum Gasteiger partial charge on any atom is -0.390 e. The smallest absolute Gasteiger partial charge is 0.0939 e. The molecule has 1 unspecified atom stereocenters. The molecule has 1 aliphatic rings. The second-order valence-corrected chi connectivity index (χ2v) is 5.61. The van der Waals surface area contributed by atoms with Gasteiger partial charge in [0.15, 0.2) is 0 Å². The van der Waals surface area contributed by atoms with E-state index in [1.165, 1.54) is 16.7 Å². The van der Waals surface area contributed by atoms with Gasteiger partial charge in [0.25, 0.3) is 0 Å². The van der Waals surface area contributed by atoms with Crippen molar-refractivity contribution in [3.05, 3.63) is 34.9 Å². The third-order valence-electron chi connectivity index (χ3n) is 4.46. The number of rotatable bonds is 4. The lowest BCUT2D eigenvalue weighted by atomic mass is 9.89. The molecule has 0 spiro atoms. The van der Waals surface area contributed by atoms with Crippen LogP contribution in [0, 0.1) is 13.8 Å². The predicted molar refractivity (Wildman–Crippen MR) is 73.8 cm³/mol. The molecule has 0 radical (unpaired) electrons. The lowest BCUT2D eigenvalue weighted by Crippen LogP contribution is -2.42. The van der Waals surface area contributed by atoms with Gasteiger partial charge in [0.2, 0.25) is 0 Å². The van der Waals surface area contributed by atoms with Gasteiger partial charge in [-0.15, -0.1) is 0 Å². The van der Waals surface area contributed by atoms with E-state index in [1.807, 2.05) is 0 Å². The minimum absolute atomic E-state index is 0.307. The van der Waals surface area contributed by atoms with Gasteiger partial charge in [-0.3, -0.25) is 0 Å². The van der Waals surface area contributed by atoms with Crippen LogP contribution < -0.4 is 0 Å². The fourth-order valence-electron chi connectivity index (χ4n) is 2.99. The fraction of sp³-hybridized carbons (Fsp3) is 0.625. The van der Waals surface area contributed by atoms with Crippen LogP contribution in [-0.2, 0) is 11.2 Å². The first-order valence-corrected chi connectivity index (χ1v) is 6.87. The molecule has 1 fully saturated rings. The van der Waals surface area contributed by atoms with Gasteiger partial charge in [-0.2, -0.15) is 0 Å². The summed E-state index contributed by atoms with van der Waals surface area (Å²) in [5, 5.41) is 10.5. The molecule has 18 heavy (non-hydrogen) atoms. The molecule has 1 N–H and O–H groups in total. The maximum Gasteiger partial charge on any atom is 0.0939 e. The van der Waals surface area contributed by atoms with Crippen molar-refractivity contribution >= 4 is 0 Å². The molecule has 0 saturated heterocycles. The lowest BCUT2D eigenvalue weighted by Gasteiger charge is -2.33. The Balaban J connectivity index is 2.10. The standard InChI is InChI=1S/C16H24O2/c1-12-6-7-14(10-13(12)2)11-15(17)16(18-3)8-4-5-9-16/h6-7,10,15,17H,4-5,8-9,11H2,1-3H3. The van der Waals surface area contributed by atoms with Crippen LogP contribution in [0.25, 0.3) is 0 Å². The molecule has 1 aromatic rings. The molecule has 2 nitrogen and oxygen atoms in total. The topological polar surface area (TPSA) is 29.5 Å². The number of methoxy groups -OCH3 is 1. The molecule has 1 saturated carbocycles. The Labute approximate surface area is 110 Å². The minimum atomic E-state index is -0.396. The monoisotopic (exact) mass is 248 g/mol. The Hall–Kier alpha value is -0.860. The van der Waals surface area contributed by atoms with E-state index in [1.54, 1.807) is 7.11 Å². The van der Waals surface area contributed by atoms with Crippen molar-refractivity contribution in [2.24, 2.45) is 0 Å². The molecule has 100 valence electrons. The fourth-order valence-corrected chi connectivity index (χ4v) is 2.99. The van der Waals surface area contributed by atoms with Crippen molar-refractivity contribution in [2.45, 2.75) is 57.7 Å². The second-order valence-electron chi connectivity index (χ2n) is 5.61. The summed E-state index contributed by atoms with van der Waals surface area (Å²) in [6.07, 6.45) is 4.59. The first-order chi connectivity index (χ1) is 8.57. The van der Waals surface area contributed by atoms with E-state index in [2.05, 4.69) is 32.0 Å². The molecule has 0 aliphatic heterocycles. The van der Waals surface area contributed by atoms with Crippen molar-refractivity contribution in [3.63, 3.8) is 0 Å². The van der Waals surface area contributed by atoms with Crippen LogP contribution in [0.15, 0.2) is 18.2 Å². The number of benzene rings is 1. The van der Waals surface area contributed by atoms with Gasteiger partial charge in [-0.05, 0) is 43.4 Å². The zero-order chi connectivity index (χ0) is 13.2. The summed E-state index contributed by atoms with van der Waals surface area (Å²) in [6, 6.07) is 6.42. The number of hydrogen-bond acceptors (Lipinski definition) is 2. The number of hydrogen-bond donors (Lipinski definition) is 1. The average molecular weight is 248 g/mol. The molecule has 1 aromatic carbocycles. The summed E-state index contributed by atoms with van der Waals surface area (Å²) in [5.41, 5.74) is 3.49. The largest absolute Gasteiger partial charge is 0.390 e. The molecule has 1 aliphatic carbocycles. The van der Waals surface area contributed by atoms with Crippen molar-refractivity contribution in [1.29, 1.82) is 0 Å². The van der Waals surface area contributed by atoms with E-state index in [9.17, 15) is 5.11 Å². The van der Waals surface area contributed by atoms with Crippen LogP contribution in [0.5, 0.6) is 0 Å². The van der Waals surface area contributed by atoms with Crippen LogP contribution in [0.1, 0.15) is 42.4 Å². The molecule has 2 rings (SSSR count). The van der Waals surface area contributed by atoms with Crippen molar-refractivity contribution in [1.82, 2.24) is 0 Å². The lowest BCUT2D eigenvalue weighted by molar-refractivity contribution is -0.0971. The molecule has 0 heterocycles. The van der Waals surface area contributed by atoms with E-state index in [-0.39, 0.29) is 5.60 Å². The van der Waals surface area contributed by atoms with Gasteiger partial charge in [0, 0.05) is 13.5 Å². The highest BCUT2D eigenvalue weighted by Gasteiger charge is 2.40. The number of aryl methyl sites for hydroxylation is 2. The Morgan fingerprint density at radius 1 is 1.22 bits per heavy atom. The van der Waals surface area contributed by atoms with Gasteiger partial charge in [0.1, 0.15) is 0 Å². The van der Waals surface area contributed by atoms with Crippen molar-refractivity contribution in [3.8, 4) is 0 Å². The van der Waals surface area contributed by atoms with Crippen LogP contribution in [-0.4, -0.2) is 23.9 Å². The predicted octanol–water partition coefficient (Wildman–Crippen LogP) is 3.17. The highest BCUT2D eigenvalue weighted by atomic mass is 16.5. The van der Waals surface area contributed by atoms with Gasteiger partial charge >= 0.3 is 0 Å². The number of aliphatic hydroxyl groups excluding tert-OH is 1. The molecule has 0 amide bonds. The van der Waals surface area contributed by atoms with Crippen LogP contribution in [0.2, 0.25) is 0 Å². The van der Waals surface area contributed by atoms with Gasteiger partial charge in [-0.25, -0.2) is 0 Å². The Morgan fingerprint density at radius 3 is 2.44 bits per heavy atom. The summed E-state index contributed by atoms with van der Waals surface area (Å²) < 4.78 is 5.64. The quantitative estimate of drug-likeness (QED) is 0.887. The first-order valence-electron chi connectivity index (χ1n) is 6.87. The van der Waals surface area contributed by atoms with Crippen LogP contribution >= 0.6 is 0 Å². The highest BCUT2D eigenvalue weighted by molar-refractivity contribution is 5.30. The normalized spacial score (nSPS) is 20.0. The summed E-state index contributed by atoms with van der Waals surface area (Å²) in [7, 11) is 1.73. The second kappa shape index (κ2) is 5.41. The van der Waals surface area contributed by atoms with E-state index in [0.717, 1.165) is 25.7 Å². The third kappa shape index (κ3) is 2.60. The summed E-state index contributed by atoms with van der Waals surface area (Å²) >= 11 is 0. The zero-order valence-electron chi connectivity index (χ0n) is 11.7. The van der Waals surface area contributed by atoms with Gasteiger partial charge in [-0.1, -0.05) is 31.0 Å². The first kappa shape index (κ1) is 13.6. The average Bonchev–Trinajstić information content (AvgIpc) is 2.84. The molecular weight excluding hydrogens is 224 g/mol. The molecule has 2 heteroatoms. The third-order valence-corrected chi connectivity index (χ3v) is 4.46. The number of aliphatic hydroxyl groups is 1. The van der Waals surface area contributed by atoms with E-state index in [4.69, 9.17) is 4.74 Å². The number of ether oxygens (including phenoxy) is 1. The zero-order valence-corrected chi connectivity index (χ0v) is 11.7. The van der Waals surface area contributed by atoms with Crippen molar-refractivity contribution in [2.75, 3.05) is 7.11 Å². The van der Waals surface area contributed by atoms with Gasteiger partial charge < -0.3 is 9.84 Å². The summed E-state index contributed by atoms with van der Waals surface area (Å²) in [5.74, 6) is 0. The maximum atomic E-state index is 10.5.